The van der Waals surface area contributed by atoms with Crippen LogP contribution in [0.3, 0.4) is 0 Å². The molecule has 0 radical (unpaired) electrons. The third kappa shape index (κ3) is 3.65. The van der Waals surface area contributed by atoms with E-state index in [1.807, 2.05) is 18.3 Å². The number of fused-ring (bicyclic) bond motifs is 2. The van der Waals surface area contributed by atoms with Crippen LogP contribution in [-0.4, -0.2) is 21.9 Å². The molecule has 5 rings (SSSR count). The number of carboxylic acids is 1. The van der Waals surface area contributed by atoms with Gasteiger partial charge in [-0.25, -0.2) is 4.79 Å². The number of aromatic nitrogens is 1. The summed E-state index contributed by atoms with van der Waals surface area (Å²) in [7, 11) is 0. The lowest BCUT2D eigenvalue weighted by Crippen LogP contribution is -2.22. The van der Waals surface area contributed by atoms with Crippen molar-refractivity contribution in [3.05, 3.63) is 81.2 Å². The monoisotopic (exact) mass is 453 g/mol. The van der Waals surface area contributed by atoms with E-state index in [9.17, 15) is 15.2 Å². The number of carboxylic acid groups (broad SMARTS) is 1. The molecule has 0 saturated heterocycles. The Morgan fingerprint density at radius 3 is 2.70 bits per heavy atom. The molecule has 0 unspecified atom stereocenters. The van der Waals surface area contributed by atoms with Crippen LogP contribution >= 0.6 is 11.3 Å². The molecule has 33 heavy (non-hydrogen) atoms. The summed E-state index contributed by atoms with van der Waals surface area (Å²) in [5.74, 6) is -0.943. The van der Waals surface area contributed by atoms with Crippen LogP contribution in [0.1, 0.15) is 52.3 Å². The molecule has 164 valence electrons. The quantitative estimate of drug-likeness (QED) is 0.375. The Morgan fingerprint density at radius 2 is 2.03 bits per heavy atom. The van der Waals surface area contributed by atoms with Gasteiger partial charge in [0.2, 0.25) is 0 Å². The van der Waals surface area contributed by atoms with Crippen molar-refractivity contribution in [2.45, 2.75) is 38.8 Å². The Balaban J connectivity index is 1.85. The van der Waals surface area contributed by atoms with Crippen LogP contribution in [0.5, 0.6) is 0 Å². The molecule has 4 aromatic rings. The normalized spacial score (nSPS) is 12.8. The third-order valence-electron chi connectivity index (χ3n) is 6.29. The molecule has 0 spiro atoms. The molecule has 5 nitrogen and oxygen atoms in total. The van der Waals surface area contributed by atoms with E-state index in [-0.39, 0.29) is 5.56 Å². The Hall–Kier alpha value is -3.69. The molecule has 0 amide bonds. The number of aromatic carboxylic acids is 1. The van der Waals surface area contributed by atoms with E-state index in [0.29, 0.717) is 19.5 Å². The summed E-state index contributed by atoms with van der Waals surface area (Å²) in [4.78, 5) is 17.1. The highest BCUT2D eigenvalue weighted by Crippen LogP contribution is 2.44. The lowest BCUT2D eigenvalue weighted by atomic mass is 9.81. The second-order valence-corrected chi connectivity index (χ2v) is 10.1. The highest BCUT2D eigenvalue weighted by molar-refractivity contribution is 7.09. The Bertz CT molecular complexity index is 1440. The van der Waals surface area contributed by atoms with Crippen molar-refractivity contribution in [2.24, 2.45) is 4.99 Å². The van der Waals surface area contributed by atoms with Gasteiger partial charge in [0.1, 0.15) is 0 Å². The van der Waals surface area contributed by atoms with Crippen molar-refractivity contribution in [2.75, 3.05) is 0 Å². The molecule has 0 atom stereocenters. The van der Waals surface area contributed by atoms with Crippen molar-refractivity contribution >= 4 is 34.4 Å². The van der Waals surface area contributed by atoms with Crippen LogP contribution in [-0.2, 0) is 18.5 Å². The first-order valence-electron chi connectivity index (χ1n) is 10.8. The third-order valence-corrected chi connectivity index (χ3v) is 7.15. The van der Waals surface area contributed by atoms with E-state index in [1.165, 1.54) is 10.4 Å². The number of hydrogen-bond acceptors (Lipinski definition) is 4. The first-order valence-corrected chi connectivity index (χ1v) is 11.7. The summed E-state index contributed by atoms with van der Waals surface area (Å²) in [6.07, 6.45) is 2.30. The summed E-state index contributed by atoms with van der Waals surface area (Å²) in [5, 5.41) is 22.2. The SMILES string of the molecule is CC(C)(CC#N)c1c(-c2ccc(C(=O)O)cc2)c2cc3c(cc2n1Cc1cccs1)C=NC3. The first-order chi connectivity index (χ1) is 15.9. The van der Waals surface area contributed by atoms with Crippen LogP contribution < -0.4 is 0 Å². The van der Waals surface area contributed by atoms with Gasteiger partial charge in [-0.15, -0.1) is 11.3 Å². The fourth-order valence-corrected chi connectivity index (χ4v) is 5.43. The minimum absolute atomic E-state index is 0.258. The second-order valence-electron chi connectivity index (χ2n) is 9.03. The second kappa shape index (κ2) is 8.02. The number of carbonyl (C=O) groups is 1. The van der Waals surface area contributed by atoms with E-state index in [4.69, 9.17) is 0 Å². The highest BCUT2D eigenvalue weighted by atomic mass is 32.1. The molecule has 1 aliphatic heterocycles. The summed E-state index contributed by atoms with van der Waals surface area (Å²) in [6, 6.07) is 18.0. The summed E-state index contributed by atoms with van der Waals surface area (Å²) >= 11 is 1.72. The van der Waals surface area contributed by atoms with Gasteiger partial charge in [-0.2, -0.15) is 5.26 Å². The molecule has 1 N–H and O–H groups in total. The Morgan fingerprint density at radius 1 is 1.24 bits per heavy atom. The molecule has 1 aliphatic rings. The average Bonchev–Trinajstić information content (AvgIpc) is 3.52. The van der Waals surface area contributed by atoms with Gasteiger partial charge in [0, 0.05) is 45.1 Å². The van der Waals surface area contributed by atoms with E-state index in [2.05, 4.69) is 59.1 Å². The van der Waals surface area contributed by atoms with Crippen molar-refractivity contribution in [1.29, 1.82) is 5.26 Å². The van der Waals surface area contributed by atoms with Gasteiger partial charge < -0.3 is 9.67 Å². The zero-order valence-electron chi connectivity index (χ0n) is 18.5. The summed E-state index contributed by atoms with van der Waals surface area (Å²) in [5.41, 5.74) is 6.37. The molecule has 0 saturated carbocycles. The number of hydrogen-bond donors (Lipinski definition) is 1. The van der Waals surface area contributed by atoms with Gasteiger partial charge in [0.05, 0.1) is 24.7 Å². The fraction of sp³-hybridized carbons (Fsp3) is 0.222. The Labute approximate surface area is 196 Å². The lowest BCUT2D eigenvalue weighted by molar-refractivity contribution is 0.0697. The largest absolute Gasteiger partial charge is 0.478 e. The highest BCUT2D eigenvalue weighted by Gasteiger charge is 2.32. The lowest BCUT2D eigenvalue weighted by Gasteiger charge is -2.26. The first kappa shape index (κ1) is 21.2. The van der Waals surface area contributed by atoms with Gasteiger partial charge in [-0.1, -0.05) is 32.0 Å². The predicted octanol–water partition coefficient (Wildman–Crippen LogP) is 6.24. The van der Waals surface area contributed by atoms with Gasteiger partial charge in [0.15, 0.2) is 0 Å². The molecule has 0 fully saturated rings. The molecule has 0 aliphatic carbocycles. The van der Waals surface area contributed by atoms with Crippen molar-refractivity contribution in [1.82, 2.24) is 4.57 Å². The minimum atomic E-state index is -0.943. The zero-order chi connectivity index (χ0) is 23.2. The number of benzene rings is 2. The smallest absolute Gasteiger partial charge is 0.335 e. The predicted molar refractivity (Wildman–Crippen MR) is 132 cm³/mol. The van der Waals surface area contributed by atoms with Crippen LogP contribution in [0.25, 0.3) is 22.0 Å². The molecule has 2 aromatic carbocycles. The van der Waals surface area contributed by atoms with Crippen molar-refractivity contribution < 1.29 is 9.90 Å². The van der Waals surface area contributed by atoms with Gasteiger partial charge in [-0.3, -0.25) is 4.99 Å². The molecular formula is C27H23N3O2S. The van der Waals surface area contributed by atoms with Crippen molar-refractivity contribution in [3.63, 3.8) is 0 Å². The van der Waals surface area contributed by atoms with E-state index < -0.39 is 11.4 Å². The van der Waals surface area contributed by atoms with E-state index in [1.54, 1.807) is 23.5 Å². The van der Waals surface area contributed by atoms with Crippen LogP contribution in [0.4, 0.5) is 0 Å². The molecular weight excluding hydrogens is 430 g/mol. The number of thiophene rings is 1. The topological polar surface area (TPSA) is 78.4 Å². The van der Waals surface area contributed by atoms with Crippen molar-refractivity contribution in [3.8, 4) is 17.2 Å². The van der Waals surface area contributed by atoms with Crippen LogP contribution in [0.2, 0.25) is 0 Å². The van der Waals surface area contributed by atoms with E-state index in [0.717, 1.165) is 33.3 Å². The van der Waals surface area contributed by atoms with Crippen LogP contribution in [0.15, 0.2) is 58.9 Å². The molecule has 0 bridgehead atoms. The van der Waals surface area contributed by atoms with E-state index >= 15 is 0 Å². The molecule has 3 heterocycles. The number of nitriles is 1. The maximum Gasteiger partial charge on any atom is 0.335 e. The van der Waals surface area contributed by atoms with Gasteiger partial charge in [-0.05, 0) is 52.4 Å². The number of nitrogens with zero attached hydrogens (tertiary/aromatic N) is 3. The number of aliphatic imine (C=N–C) groups is 1. The number of rotatable bonds is 6. The molecule has 2 aromatic heterocycles. The summed E-state index contributed by atoms with van der Waals surface area (Å²) in [6.45, 7) is 5.59. The Kier molecular flexibility index (Phi) is 5.15. The summed E-state index contributed by atoms with van der Waals surface area (Å²) < 4.78 is 2.34. The van der Waals surface area contributed by atoms with Gasteiger partial charge in [0.25, 0.3) is 0 Å². The minimum Gasteiger partial charge on any atom is -0.478 e. The fourth-order valence-electron chi connectivity index (χ4n) is 4.73. The maximum absolute atomic E-state index is 11.4. The zero-order valence-corrected chi connectivity index (χ0v) is 19.3. The molecule has 6 heteroatoms. The maximum atomic E-state index is 11.4. The van der Waals surface area contributed by atoms with Crippen LogP contribution in [0, 0.1) is 11.3 Å². The van der Waals surface area contributed by atoms with Gasteiger partial charge >= 0.3 is 5.97 Å². The standard InChI is InChI=1S/C27H23N3O2S/c1-27(2,9-10-28)25-24(17-5-7-18(8-6-17)26(31)32)22-12-19-14-29-15-20(19)13-23(22)30(25)16-21-4-3-11-33-21/h3-8,11-13,15H,9,14,16H2,1-2H3,(H,31,32). The average molecular weight is 454 g/mol.